The van der Waals surface area contributed by atoms with Gasteiger partial charge in [-0.1, -0.05) is 6.92 Å². The second-order valence-corrected chi connectivity index (χ2v) is 4.56. The lowest BCUT2D eigenvalue weighted by molar-refractivity contribution is 0.116. The van der Waals surface area contributed by atoms with E-state index in [1.54, 1.807) is 0 Å². The van der Waals surface area contributed by atoms with E-state index >= 15 is 0 Å². The number of hydrogen-bond acceptors (Lipinski definition) is 3. The van der Waals surface area contributed by atoms with Crippen molar-refractivity contribution >= 4 is 0 Å². The van der Waals surface area contributed by atoms with Crippen molar-refractivity contribution < 1.29 is 9.15 Å². The molecule has 0 radical (unpaired) electrons. The summed E-state index contributed by atoms with van der Waals surface area (Å²) < 4.78 is 11.4. The monoisotopic (exact) mass is 223 g/mol. The van der Waals surface area contributed by atoms with Crippen molar-refractivity contribution in [2.24, 2.45) is 5.92 Å². The molecule has 0 saturated carbocycles. The molecule has 90 valence electrons. The van der Waals surface area contributed by atoms with Crippen LogP contribution < -0.4 is 5.32 Å². The van der Waals surface area contributed by atoms with E-state index in [9.17, 15) is 0 Å². The van der Waals surface area contributed by atoms with Gasteiger partial charge in [-0.15, -0.1) is 0 Å². The van der Waals surface area contributed by atoms with E-state index in [1.807, 2.05) is 7.05 Å². The molecule has 3 atom stereocenters. The van der Waals surface area contributed by atoms with E-state index in [0.29, 0.717) is 12.0 Å². The van der Waals surface area contributed by atoms with Crippen molar-refractivity contribution in [3.05, 3.63) is 23.7 Å². The maximum absolute atomic E-state index is 5.82. The van der Waals surface area contributed by atoms with Crippen LogP contribution in [0, 0.1) is 5.92 Å². The number of hydrogen-bond donors (Lipinski definition) is 1. The Morgan fingerprint density at radius 1 is 1.50 bits per heavy atom. The fraction of sp³-hybridized carbons (Fsp3) is 0.692. The lowest BCUT2D eigenvalue weighted by Gasteiger charge is -2.19. The van der Waals surface area contributed by atoms with Crippen LogP contribution in [0.4, 0.5) is 0 Å². The van der Waals surface area contributed by atoms with Crippen molar-refractivity contribution in [1.82, 2.24) is 5.32 Å². The quantitative estimate of drug-likeness (QED) is 0.851. The Hall–Kier alpha value is -0.800. The first-order chi connectivity index (χ1) is 7.74. The molecule has 2 heterocycles. The van der Waals surface area contributed by atoms with E-state index in [4.69, 9.17) is 9.15 Å². The lowest BCUT2D eigenvalue weighted by Crippen LogP contribution is -2.25. The highest BCUT2D eigenvalue weighted by atomic mass is 16.5. The standard InChI is InChI=1S/C13H21NO2/c1-4-11-5-6-12(16-11)13(14-3)10-7-9(2)15-8-10/h5-6,9-10,13-14H,4,7-8H2,1-3H3. The first-order valence-corrected chi connectivity index (χ1v) is 6.12. The molecule has 1 aliphatic rings. The largest absolute Gasteiger partial charge is 0.464 e. The van der Waals surface area contributed by atoms with Gasteiger partial charge in [0.2, 0.25) is 0 Å². The van der Waals surface area contributed by atoms with Gasteiger partial charge in [0, 0.05) is 12.3 Å². The van der Waals surface area contributed by atoms with Crippen molar-refractivity contribution in [2.75, 3.05) is 13.7 Å². The molecular formula is C13H21NO2. The topological polar surface area (TPSA) is 34.4 Å². The summed E-state index contributed by atoms with van der Waals surface area (Å²) in [5.74, 6) is 2.63. The van der Waals surface area contributed by atoms with E-state index in [1.165, 1.54) is 0 Å². The molecule has 0 bridgehead atoms. The van der Waals surface area contributed by atoms with E-state index in [0.717, 1.165) is 31.0 Å². The van der Waals surface area contributed by atoms with Crippen LogP contribution in [0.15, 0.2) is 16.5 Å². The van der Waals surface area contributed by atoms with Crippen molar-refractivity contribution in [3.8, 4) is 0 Å². The number of furan rings is 1. The van der Waals surface area contributed by atoms with Crippen LogP contribution >= 0.6 is 0 Å². The SMILES string of the molecule is CCc1ccc(C(NC)C2COC(C)C2)o1. The van der Waals surface area contributed by atoms with Gasteiger partial charge in [0.25, 0.3) is 0 Å². The van der Waals surface area contributed by atoms with Crippen LogP contribution in [0.5, 0.6) is 0 Å². The summed E-state index contributed by atoms with van der Waals surface area (Å²) in [6.07, 6.45) is 2.43. The van der Waals surface area contributed by atoms with Gasteiger partial charge in [-0.25, -0.2) is 0 Å². The zero-order chi connectivity index (χ0) is 11.5. The Balaban J connectivity index is 2.09. The maximum Gasteiger partial charge on any atom is 0.121 e. The predicted molar refractivity (Wildman–Crippen MR) is 63.4 cm³/mol. The maximum atomic E-state index is 5.82. The zero-order valence-corrected chi connectivity index (χ0v) is 10.3. The molecule has 0 spiro atoms. The number of ether oxygens (including phenoxy) is 1. The Labute approximate surface area is 97.2 Å². The summed E-state index contributed by atoms with van der Waals surface area (Å²) in [7, 11) is 1.99. The summed E-state index contributed by atoms with van der Waals surface area (Å²) in [5, 5.41) is 3.34. The third kappa shape index (κ3) is 2.30. The minimum Gasteiger partial charge on any atom is -0.464 e. The van der Waals surface area contributed by atoms with Crippen LogP contribution in [0.3, 0.4) is 0 Å². The molecule has 3 heteroatoms. The average molecular weight is 223 g/mol. The molecule has 1 aromatic rings. The Morgan fingerprint density at radius 2 is 2.31 bits per heavy atom. The summed E-state index contributed by atoms with van der Waals surface area (Å²) in [4.78, 5) is 0. The van der Waals surface area contributed by atoms with Gasteiger partial charge >= 0.3 is 0 Å². The summed E-state index contributed by atoms with van der Waals surface area (Å²) in [6, 6.07) is 4.44. The van der Waals surface area contributed by atoms with Crippen LogP contribution in [0.1, 0.15) is 37.8 Å². The van der Waals surface area contributed by atoms with E-state index in [2.05, 4.69) is 31.3 Å². The van der Waals surface area contributed by atoms with Gasteiger partial charge in [0.1, 0.15) is 11.5 Å². The summed E-state index contributed by atoms with van der Waals surface area (Å²) in [5.41, 5.74) is 0. The van der Waals surface area contributed by atoms with Crippen molar-refractivity contribution in [1.29, 1.82) is 0 Å². The minimum atomic E-state index is 0.283. The highest BCUT2D eigenvalue weighted by Crippen LogP contribution is 2.32. The van der Waals surface area contributed by atoms with Crippen molar-refractivity contribution in [3.63, 3.8) is 0 Å². The molecule has 1 aliphatic heterocycles. The first kappa shape index (κ1) is 11.7. The van der Waals surface area contributed by atoms with Gasteiger partial charge in [-0.2, -0.15) is 0 Å². The zero-order valence-electron chi connectivity index (χ0n) is 10.3. The van der Waals surface area contributed by atoms with Gasteiger partial charge in [0.15, 0.2) is 0 Å². The van der Waals surface area contributed by atoms with E-state index < -0.39 is 0 Å². The highest BCUT2D eigenvalue weighted by molar-refractivity contribution is 5.12. The fourth-order valence-corrected chi connectivity index (χ4v) is 2.44. The van der Waals surface area contributed by atoms with Crippen LogP contribution in [-0.4, -0.2) is 19.8 Å². The molecule has 3 unspecified atom stereocenters. The fourth-order valence-electron chi connectivity index (χ4n) is 2.44. The van der Waals surface area contributed by atoms with Gasteiger partial charge in [0.05, 0.1) is 18.8 Å². The van der Waals surface area contributed by atoms with Gasteiger partial charge < -0.3 is 14.5 Å². The third-order valence-corrected chi connectivity index (χ3v) is 3.35. The molecule has 0 aliphatic carbocycles. The number of aryl methyl sites for hydroxylation is 1. The normalized spacial score (nSPS) is 27.2. The molecule has 3 nitrogen and oxygen atoms in total. The van der Waals surface area contributed by atoms with Gasteiger partial charge in [-0.3, -0.25) is 0 Å². The Morgan fingerprint density at radius 3 is 2.81 bits per heavy atom. The molecular weight excluding hydrogens is 202 g/mol. The Bertz CT molecular complexity index is 334. The van der Waals surface area contributed by atoms with E-state index in [-0.39, 0.29) is 6.04 Å². The van der Waals surface area contributed by atoms with Crippen LogP contribution in [-0.2, 0) is 11.2 Å². The number of rotatable bonds is 4. The molecule has 2 rings (SSSR count). The molecule has 0 aromatic carbocycles. The molecule has 1 fully saturated rings. The summed E-state index contributed by atoms with van der Waals surface area (Å²) in [6.45, 7) is 5.07. The number of nitrogens with one attached hydrogen (secondary N) is 1. The third-order valence-electron chi connectivity index (χ3n) is 3.35. The summed E-state index contributed by atoms with van der Waals surface area (Å²) >= 11 is 0. The van der Waals surface area contributed by atoms with Crippen molar-refractivity contribution in [2.45, 2.75) is 38.8 Å². The van der Waals surface area contributed by atoms with Crippen LogP contribution in [0.25, 0.3) is 0 Å². The first-order valence-electron chi connectivity index (χ1n) is 6.12. The Kier molecular flexibility index (Phi) is 3.66. The molecule has 0 amide bonds. The average Bonchev–Trinajstić information content (AvgIpc) is 2.89. The van der Waals surface area contributed by atoms with Crippen LogP contribution in [0.2, 0.25) is 0 Å². The predicted octanol–water partition coefficient (Wildman–Crippen LogP) is 2.53. The second kappa shape index (κ2) is 5.02. The molecule has 1 aromatic heterocycles. The smallest absolute Gasteiger partial charge is 0.121 e. The van der Waals surface area contributed by atoms with Gasteiger partial charge in [-0.05, 0) is 32.5 Å². The molecule has 1 N–H and O–H groups in total. The highest BCUT2D eigenvalue weighted by Gasteiger charge is 2.31. The molecule has 1 saturated heterocycles. The second-order valence-electron chi connectivity index (χ2n) is 4.56. The minimum absolute atomic E-state index is 0.283. The lowest BCUT2D eigenvalue weighted by atomic mass is 9.95. The molecule has 16 heavy (non-hydrogen) atoms.